The second-order valence-electron chi connectivity index (χ2n) is 12.0. The molecule has 0 spiro atoms. The zero-order valence-corrected chi connectivity index (χ0v) is 22.0. The van der Waals surface area contributed by atoms with E-state index in [9.17, 15) is 19.6 Å². The van der Waals surface area contributed by atoms with Crippen LogP contribution in [-0.2, 0) is 27.5 Å². The molecule has 8 nitrogen and oxygen atoms in total. The van der Waals surface area contributed by atoms with E-state index >= 15 is 0 Å². The van der Waals surface area contributed by atoms with Crippen molar-refractivity contribution in [1.29, 1.82) is 0 Å². The van der Waals surface area contributed by atoms with Gasteiger partial charge in [-0.25, -0.2) is 5.06 Å². The molecule has 3 amide bonds. The number of nitrogens with one attached hydrogen (secondary N) is 1. The first-order valence-corrected chi connectivity index (χ1v) is 13.5. The number of carbonyl (C=O) groups excluding carboxylic acids is 3. The van der Waals surface area contributed by atoms with Crippen molar-refractivity contribution in [3.63, 3.8) is 0 Å². The third-order valence-electron chi connectivity index (χ3n) is 8.25. The predicted molar refractivity (Wildman–Crippen MR) is 137 cm³/mol. The van der Waals surface area contributed by atoms with E-state index in [-0.39, 0.29) is 18.4 Å². The molecule has 36 heavy (non-hydrogen) atoms. The SMILES string of the molecule is CC(C)(C)[C@H](NC(=O)[C@H](CC1CCCC1)CN(O)C=O)C(=O)N1CC[C@@H](N2Cc3ccccc3C2)C1. The summed E-state index contributed by atoms with van der Waals surface area (Å²) in [6.07, 6.45) is 6.30. The molecule has 2 aliphatic heterocycles. The van der Waals surface area contributed by atoms with Crippen LogP contribution in [0.3, 0.4) is 0 Å². The maximum Gasteiger partial charge on any atom is 0.245 e. The Hall–Kier alpha value is -2.45. The van der Waals surface area contributed by atoms with Crippen LogP contribution in [0.25, 0.3) is 0 Å². The number of fused-ring (bicyclic) bond motifs is 1. The molecule has 2 fully saturated rings. The number of amides is 3. The summed E-state index contributed by atoms with van der Waals surface area (Å²) in [6, 6.07) is 8.15. The Morgan fingerprint density at radius 2 is 1.78 bits per heavy atom. The highest BCUT2D eigenvalue weighted by Gasteiger charge is 2.41. The normalized spacial score (nSPS) is 22.3. The standard InChI is InChI=1S/C28H42N4O4/c1-28(2,3)25(29-26(34)23(17-32(36)19-33)14-20-8-4-5-9-20)27(35)30-13-12-24(18-30)31-15-21-10-6-7-11-22(21)16-31/h6-7,10-11,19-20,23-25,36H,4-5,8-9,12-18H2,1-3H3,(H,29,34)/t23-,24-,25-/m1/s1. The van der Waals surface area contributed by atoms with Gasteiger partial charge in [0.15, 0.2) is 0 Å². The number of hydroxylamine groups is 2. The molecule has 1 saturated carbocycles. The number of nitrogens with zero attached hydrogens (tertiary/aromatic N) is 3. The lowest BCUT2D eigenvalue weighted by Gasteiger charge is -2.35. The first kappa shape index (κ1) is 26.6. The van der Waals surface area contributed by atoms with Crippen LogP contribution in [-0.4, -0.2) is 70.0 Å². The third-order valence-corrected chi connectivity index (χ3v) is 8.25. The van der Waals surface area contributed by atoms with Crippen molar-refractivity contribution in [3.05, 3.63) is 35.4 Å². The molecule has 0 aromatic heterocycles. The summed E-state index contributed by atoms with van der Waals surface area (Å²) in [4.78, 5) is 42.6. The van der Waals surface area contributed by atoms with Crippen molar-refractivity contribution in [2.75, 3.05) is 19.6 Å². The van der Waals surface area contributed by atoms with E-state index < -0.39 is 17.4 Å². The fourth-order valence-electron chi connectivity index (χ4n) is 6.13. The Morgan fingerprint density at radius 3 is 2.36 bits per heavy atom. The van der Waals surface area contributed by atoms with Gasteiger partial charge in [0.05, 0.1) is 12.5 Å². The van der Waals surface area contributed by atoms with Crippen LogP contribution < -0.4 is 5.32 Å². The summed E-state index contributed by atoms with van der Waals surface area (Å²) in [5.41, 5.74) is 2.25. The summed E-state index contributed by atoms with van der Waals surface area (Å²) < 4.78 is 0. The number of hydrogen-bond donors (Lipinski definition) is 2. The van der Waals surface area contributed by atoms with E-state index in [1.807, 2.05) is 25.7 Å². The van der Waals surface area contributed by atoms with E-state index in [1.54, 1.807) is 0 Å². The molecule has 2 heterocycles. The molecule has 1 aromatic rings. The van der Waals surface area contributed by atoms with Crippen molar-refractivity contribution in [3.8, 4) is 0 Å². The first-order chi connectivity index (χ1) is 17.2. The van der Waals surface area contributed by atoms with Crippen LogP contribution in [0.2, 0.25) is 0 Å². The van der Waals surface area contributed by atoms with Gasteiger partial charge in [-0.3, -0.25) is 24.5 Å². The lowest BCUT2D eigenvalue weighted by molar-refractivity contribution is -0.155. The highest BCUT2D eigenvalue weighted by Crippen LogP contribution is 2.32. The quantitative estimate of drug-likeness (QED) is 0.310. The summed E-state index contributed by atoms with van der Waals surface area (Å²) in [7, 11) is 0. The van der Waals surface area contributed by atoms with E-state index in [0.29, 0.717) is 42.9 Å². The van der Waals surface area contributed by atoms with Gasteiger partial charge in [0, 0.05) is 32.2 Å². The van der Waals surface area contributed by atoms with Gasteiger partial charge in [0.25, 0.3) is 0 Å². The molecule has 0 unspecified atom stereocenters. The molecule has 0 bridgehead atoms. The van der Waals surface area contributed by atoms with Crippen LogP contribution in [0, 0.1) is 17.3 Å². The average molecular weight is 499 g/mol. The summed E-state index contributed by atoms with van der Waals surface area (Å²) >= 11 is 0. The van der Waals surface area contributed by atoms with Crippen molar-refractivity contribution in [1.82, 2.24) is 20.2 Å². The number of rotatable bonds is 9. The lowest BCUT2D eigenvalue weighted by Crippen LogP contribution is -2.56. The smallest absolute Gasteiger partial charge is 0.245 e. The van der Waals surface area contributed by atoms with Crippen LogP contribution in [0.4, 0.5) is 0 Å². The van der Waals surface area contributed by atoms with E-state index in [4.69, 9.17) is 0 Å². The highest BCUT2D eigenvalue weighted by molar-refractivity contribution is 5.89. The minimum Gasteiger partial charge on any atom is -0.344 e. The minimum absolute atomic E-state index is 0.0501. The van der Waals surface area contributed by atoms with Crippen LogP contribution >= 0.6 is 0 Å². The Balaban J connectivity index is 1.40. The molecular formula is C28H42N4O4. The summed E-state index contributed by atoms with van der Waals surface area (Å²) in [5.74, 6) is -0.448. The van der Waals surface area contributed by atoms with Gasteiger partial charge in [0.1, 0.15) is 6.04 Å². The van der Waals surface area contributed by atoms with E-state index in [1.165, 1.54) is 11.1 Å². The minimum atomic E-state index is -0.672. The van der Waals surface area contributed by atoms with Gasteiger partial charge in [-0.15, -0.1) is 0 Å². The van der Waals surface area contributed by atoms with Gasteiger partial charge in [-0.1, -0.05) is 70.7 Å². The van der Waals surface area contributed by atoms with Gasteiger partial charge in [0.2, 0.25) is 18.2 Å². The second kappa shape index (κ2) is 11.3. The Morgan fingerprint density at radius 1 is 1.14 bits per heavy atom. The molecule has 3 aliphatic rings. The number of likely N-dealkylation sites (tertiary alicyclic amines) is 1. The Bertz CT molecular complexity index is 915. The zero-order valence-electron chi connectivity index (χ0n) is 22.0. The second-order valence-corrected chi connectivity index (χ2v) is 12.0. The van der Waals surface area contributed by atoms with Gasteiger partial charge in [-0.05, 0) is 35.3 Å². The topological polar surface area (TPSA) is 93.2 Å². The molecule has 3 atom stereocenters. The molecular weight excluding hydrogens is 456 g/mol. The average Bonchev–Trinajstić information content (AvgIpc) is 3.60. The van der Waals surface area contributed by atoms with Crippen molar-refractivity contribution in [2.45, 2.75) is 84.5 Å². The van der Waals surface area contributed by atoms with Crippen LogP contribution in [0.5, 0.6) is 0 Å². The van der Waals surface area contributed by atoms with E-state index in [0.717, 1.165) is 45.2 Å². The number of hydrogen-bond acceptors (Lipinski definition) is 5. The molecule has 2 N–H and O–H groups in total. The van der Waals surface area contributed by atoms with Gasteiger partial charge in [-0.2, -0.15) is 0 Å². The predicted octanol–water partition coefficient (Wildman–Crippen LogP) is 3.18. The van der Waals surface area contributed by atoms with Crippen molar-refractivity contribution in [2.24, 2.45) is 17.3 Å². The Kier molecular flexibility index (Phi) is 8.35. The molecule has 4 rings (SSSR count). The maximum absolute atomic E-state index is 13.7. The van der Waals surface area contributed by atoms with Crippen LogP contribution in [0.15, 0.2) is 24.3 Å². The molecule has 1 aliphatic carbocycles. The molecule has 198 valence electrons. The van der Waals surface area contributed by atoms with Crippen molar-refractivity contribution < 1.29 is 19.6 Å². The summed E-state index contributed by atoms with van der Waals surface area (Å²) in [6.45, 7) is 9.02. The molecule has 1 saturated heterocycles. The van der Waals surface area contributed by atoms with Crippen molar-refractivity contribution >= 4 is 18.2 Å². The zero-order chi connectivity index (χ0) is 25.9. The Labute approximate surface area is 215 Å². The first-order valence-electron chi connectivity index (χ1n) is 13.5. The maximum atomic E-state index is 13.7. The number of carbonyl (C=O) groups is 3. The largest absolute Gasteiger partial charge is 0.344 e. The number of benzene rings is 1. The third kappa shape index (κ3) is 6.27. The highest BCUT2D eigenvalue weighted by atomic mass is 16.5. The fourth-order valence-corrected chi connectivity index (χ4v) is 6.13. The lowest BCUT2D eigenvalue weighted by atomic mass is 9.84. The van der Waals surface area contributed by atoms with Gasteiger partial charge < -0.3 is 10.2 Å². The molecule has 8 heteroatoms. The molecule has 0 radical (unpaired) electrons. The molecule has 1 aromatic carbocycles. The fraction of sp³-hybridized carbons (Fsp3) is 0.679. The van der Waals surface area contributed by atoms with Crippen LogP contribution in [0.1, 0.15) is 70.4 Å². The van der Waals surface area contributed by atoms with Gasteiger partial charge >= 0.3 is 0 Å². The monoisotopic (exact) mass is 498 g/mol. The summed E-state index contributed by atoms with van der Waals surface area (Å²) in [5, 5.41) is 13.4. The van der Waals surface area contributed by atoms with E-state index in [2.05, 4.69) is 34.5 Å².